The van der Waals surface area contributed by atoms with Crippen molar-refractivity contribution in [2.75, 3.05) is 0 Å². The van der Waals surface area contributed by atoms with Gasteiger partial charge in [-0.2, -0.15) is 0 Å². The summed E-state index contributed by atoms with van der Waals surface area (Å²) in [5.74, 6) is -0.0166. The fourth-order valence-electron chi connectivity index (χ4n) is 3.18. The predicted molar refractivity (Wildman–Crippen MR) is 79.7 cm³/mol. The molecule has 1 amide bonds. The third-order valence-corrected chi connectivity index (χ3v) is 4.21. The molecular formula is C18H13NO2. The van der Waals surface area contributed by atoms with Crippen LogP contribution in [0.1, 0.15) is 38.8 Å². The number of ketones is 1. The first-order valence-corrected chi connectivity index (χ1v) is 6.93. The van der Waals surface area contributed by atoms with Gasteiger partial charge in [0.25, 0.3) is 5.91 Å². The molecule has 102 valence electrons. The van der Waals surface area contributed by atoms with E-state index in [0.29, 0.717) is 23.2 Å². The Morgan fingerprint density at radius 3 is 2.24 bits per heavy atom. The van der Waals surface area contributed by atoms with Crippen molar-refractivity contribution in [1.82, 2.24) is 4.90 Å². The SMILES string of the molecule is CC1=C2c3ccccc3C(=O)N2Cc2ccccc2C1=O. The maximum atomic E-state index is 12.7. The number of hydrogen-bond acceptors (Lipinski definition) is 2. The fraction of sp³-hybridized carbons (Fsp3) is 0.111. The van der Waals surface area contributed by atoms with E-state index in [2.05, 4.69) is 0 Å². The molecule has 2 heterocycles. The largest absolute Gasteiger partial charge is 0.303 e. The molecule has 0 aromatic heterocycles. The summed E-state index contributed by atoms with van der Waals surface area (Å²) >= 11 is 0. The molecule has 2 aliphatic heterocycles. The second-order valence-electron chi connectivity index (χ2n) is 5.40. The van der Waals surface area contributed by atoms with Crippen molar-refractivity contribution in [3.8, 4) is 0 Å². The monoisotopic (exact) mass is 275 g/mol. The molecule has 0 saturated carbocycles. The molecule has 0 unspecified atom stereocenters. The van der Waals surface area contributed by atoms with Gasteiger partial charge in [0.2, 0.25) is 0 Å². The Balaban J connectivity index is 2.01. The van der Waals surface area contributed by atoms with Crippen LogP contribution in [-0.4, -0.2) is 16.6 Å². The normalized spacial score (nSPS) is 16.5. The van der Waals surface area contributed by atoms with Crippen LogP contribution in [0.5, 0.6) is 0 Å². The molecule has 2 aromatic carbocycles. The zero-order valence-corrected chi connectivity index (χ0v) is 11.6. The Morgan fingerprint density at radius 2 is 1.48 bits per heavy atom. The number of amides is 1. The number of allylic oxidation sites excluding steroid dienone is 1. The van der Waals surface area contributed by atoms with Crippen LogP contribution in [0, 0.1) is 0 Å². The summed E-state index contributed by atoms with van der Waals surface area (Å²) in [5.41, 5.74) is 4.54. The summed E-state index contributed by atoms with van der Waals surface area (Å²) in [6.07, 6.45) is 0. The third kappa shape index (κ3) is 1.54. The fourth-order valence-corrected chi connectivity index (χ4v) is 3.18. The van der Waals surface area contributed by atoms with Crippen molar-refractivity contribution in [1.29, 1.82) is 0 Å². The van der Waals surface area contributed by atoms with Crippen LogP contribution in [0.25, 0.3) is 5.70 Å². The summed E-state index contributed by atoms with van der Waals surface area (Å²) in [5, 5.41) is 0. The van der Waals surface area contributed by atoms with Crippen LogP contribution in [0.3, 0.4) is 0 Å². The lowest BCUT2D eigenvalue weighted by atomic mass is 9.97. The molecule has 2 aliphatic rings. The smallest absolute Gasteiger partial charge is 0.259 e. The van der Waals surface area contributed by atoms with E-state index in [4.69, 9.17) is 0 Å². The van der Waals surface area contributed by atoms with E-state index in [9.17, 15) is 9.59 Å². The van der Waals surface area contributed by atoms with E-state index in [1.807, 2.05) is 55.5 Å². The van der Waals surface area contributed by atoms with E-state index in [1.165, 1.54) is 0 Å². The quantitative estimate of drug-likeness (QED) is 0.740. The van der Waals surface area contributed by atoms with Crippen molar-refractivity contribution in [3.63, 3.8) is 0 Å². The number of Topliss-reactive ketones (excluding diaryl/α,β-unsaturated/α-hetero) is 1. The van der Waals surface area contributed by atoms with E-state index in [-0.39, 0.29) is 11.7 Å². The van der Waals surface area contributed by atoms with Gasteiger partial charge >= 0.3 is 0 Å². The molecular weight excluding hydrogens is 262 g/mol. The van der Waals surface area contributed by atoms with Crippen molar-refractivity contribution >= 4 is 17.4 Å². The highest BCUT2D eigenvalue weighted by Gasteiger charge is 2.37. The second kappa shape index (κ2) is 4.16. The number of fused-ring (bicyclic) bond motifs is 4. The molecule has 21 heavy (non-hydrogen) atoms. The molecule has 0 bridgehead atoms. The lowest BCUT2D eigenvalue weighted by Gasteiger charge is -2.17. The average molecular weight is 275 g/mol. The van der Waals surface area contributed by atoms with Gasteiger partial charge in [0.15, 0.2) is 5.78 Å². The summed E-state index contributed by atoms with van der Waals surface area (Å²) in [6, 6.07) is 15.0. The lowest BCUT2D eigenvalue weighted by Crippen LogP contribution is -2.22. The first-order valence-electron chi connectivity index (χ1n) is 6.93. The number of carbonyl (C=O) groups is 2. The number of nitrogens with zero attached hydrogens (tertiary/aromatic N) is 1. The van der Waals surface area contributed by atoms with Gasteiger partial charge in [-0.05, 0) is 18.6 Å². The highest BCUT2D eigenvalue weighted by atomic mass is 16.2. The Labute approximate surface area is 122 Å². The lowest BCUT2D eigenvalue weighted by molar-refractivity contribution is 0.0843. The highest BCUT2D eigenvalue weighted by Crippen LogP contribution is 2.39. The zero-order chi connectivity index (χ0) is 14.6. The maximum absolute atomic E-state index is 12.7. The number of rotatable bonds is 0. The molecule has 3 heteroatoms. The molecule has 0 atom stereocenters. The van der Waals surface area contributed by atoms with Gasteiger partial charge in [-0.1, -0.05) is 42.5 Å². The molecule has 4 rings (SSSR count). The van der Waals surface area contributed by atoms with Gasteiger partial charge in [0.05, 0.1) is 12.2 Å². The summed E-state index contributed by atoms with van der Waals surface area (Å²) in [4.78, 5) is 27.1. The molecule has 0 saturated heterocycles. The molecule has 0 fully saturated rings. The third-order valence-electron chi connectivity index (χ3n) is 4.21. The Kier molecular flexibility index (Phi) is 2.39. The Hall–Kier alpha value is -2.68. The summed E-state index contributed by atoms with van der Waals surface area (Å²) in [6.45, 7) is 2.25. The van der Waals surface area contributed by atoms with E-state index in [0.717, 1.165) is 16.8 Å². The molecule has 0 radical (unpaired) electrons. The number of hydrogen-bond donors (Lipinski definition) is 0. The molecule has 0 aliphatic carbocycles. The van der Waals surface area contributed by atoms with Crippen LogP contribution >= 0.6 is 0 Å². The van der Waals surface area contributed by atoms with Gasteiger partial charge in [0.1, 0.15) is 0 Å². The summed E-state index contributed by atoms with van der Waals surface area (Å²) in [7, 11) is 0. The number of benzene rings is 2. The maximum Gasteiger partial charge on any atom is 0.259 e. The van der Waals surface area contributed by atoms with Crippen molar-refractivity contribution < 1.29 is 9.59 Å². The van der Waals surface area contributed by atoms with Crippen LogP contribution in [0.2, 0.25) is 0 Å². The molecule has 3 nitrogen and oxygen atoms in total. The minimum Gasteiger partial charge on any atom is -0.303 e. The van der Waals surface area contributed by atoms with Crippen molar-refractivity contribution in [3.05, 3.63) is 76.4 Å². The van der Waals surface area contributed by atoms with Crippen LogP contribution in [0.4, 0.5) is 0 Å². The first kappa shape index (κ1) is 12.1. The highest BCUT2D eigenvalue weighted by molar-refractivity contribution is 6.19. The molecule has 0 spiro atoms. The van der Waals surface area contributed by atoms with Crippen LogP contribution in [0.15, 0.2) is 54.1 Å². The predicted octanol–water partition coefficient (Wildman–Crippen LogP) is 3.27. The van der Waals surface area contributed by atoms with E-state index >= 15 is 0 Å². The van der Waals surface area contributed by atoms with Crippen LogP contribution < -0.4 is 0 Å². The molecule has 2 aromatic rings. The van der Waals surface area contributed by atoms with Gasteiger partial charge in [-0.3, -0.25) is 9.59 Å². The topological polar surface area (TPSA) is 37.4 Å². The minimum absolute atomic E-state index is 0.00704. The number of carbonyl (C=O) groups excluding carboxylic acids is 2. The van der Waals surface area contributed by atoms with Gasteiger partial charge in [0, 0.05) is 22.3 Å². The average Bonchev–Trinajstić information content (AvgIpc) is 2.73. The van der Waals surface area contributed by atoms with Gasteiger partial charge in [-0.15, -0.1) is 0 Å². The van der Waals surface area contributed by atoms with Crippen molar-refractivity contribution in [2.24, 2.45) is 0 Å². The van der Waals surface area contributed by atoms with Crippen molar-refractivity contribution in [2.45, 2.75) is 13.5 Å². The van der Waals surface area contributed by atoms with Gasteiger partial charge in [-0.25, -0.2) is 0 Å². The standard InChI is InChI=1S/C18H13NO2/c1-11-16-14-8-4-5-9-15(14)18(21)19(16)10-12-6-2-3-7-13(12)17(11)20/h2-9H,10H2,1H3. The van der Waals surface area contributed by atoms with E-state index < -0.39 is 0 Å². The Bertz CT molecular complexity index is 833. The Morgan fingerprint density at radius 1 is 0.857 bits per heavy atom. The molecule has 0 N–H and O–H groups in total. The first-order chi connectivity index (χ1) is 10.2. The summed E-state index contributed by atoms with van der Waals surface area (Å²) < 4.78 is 0. The minimum atomic E-state index is -0.0237. The zero-order valence-electron chi connectivity index (χ0n) is 11.6. The van der Waals surface area contributed by atoms with Gasteiger partial charge < -0.3 is 4.90 Å². The van der Waals surface area contributed by atoms with Crippen LogP contribution in [-0.2, 0) is 6.54 Å². The van der Waals surface area contributed by atoms with E-state index in [1.54, 1.807) is 4.90 Å². The second-order valence-corrected chi connectivity index (χ2v) is 5.40.